The van der Waals surface area contributed by atoms with Crippen LogP contribution in [-0.4, -0.2) is 125 Å². The van der Waals surface area contributed by atoms with Crippen molar-refractivity contribution < 1.29 is 59.0 Å². The highest BCUT2D eigenvalue weighted by Crippen LogP contribution is 2.17. The van der Waals surface area contributed by atoms with Gasteiger partial charge in [0.2, 0.25) is 11.8 Å². The first kappa shape index (κ1) is 54.1. The summed E-state index contributed by atoms with van der Waals surface area (Å²) in [5.74, 6) is -3.83. The number of aliphatic carboxylic acids is 1. The van der Waals surface area contributed by atoms with Gasteiger partial charge >= 0.3 is 5.97 Å². The summed E-state index contributed by atoms with van der Waals surface area (Å²) in [6.07, 6.45) is -4.49. The number of benzene rings is 1. The second-order valence-electron chi connectivity index (χ2n) is 16.0. The molecule has 0 radical (unpaired) electrons. The molecule has 5 atom stereocenters. The van der Waals surface area contributed by atoms with E-state index in [1.165, 1.54) is 4.90 Å². The molecular formula is C39H66N6O12-2. The molecule has 1 aromatic carbocycles. The van der Waals surface area contributed by atoms with Crippen LogP contribution in [0.4, 0.5) is 0 Å². The number of likely N-dealkylation sites (N-methyl/N-ethyl adjacent to an activating group) is 1. The Morgan fingerprint density at radius 1 is 0.737 bits per heavy atom. The highest BCUT2D eigenvalue weighted by molar-refractivity contribution is 5.91. The smallest absolute Gasteiger partial charge is 0.322 e. The zero-order valence-corrected chi connectivity index (χ0v) is 34.6. The van der Waals surface area contributed by atoms with E-state index in [2.05, 4.69) is 25.9 Å². The predicted octanol–water partition coefficient (Wildman–Crippen LogP) is 0.486. The van der Waals surface area contributed by atoms with Gasteiger partial charge in [-0.25, -0.2) is 0 Å². The lowest BCUT2D eigenvalue weighted by molar-refractivity contribution is -0.262. The monoisotopic (exact) mass is 810 g/mol. The minimum atomic E-state index is -1.66. The van der Waals surface area contributed by atoms with Crippen molar-refractivity contribution in [3.63, 3.8) is 0 Å². The second kappa shape index (κ2) is 25.3. The molecule has 2 unspecified atom stereocenters. The number of rotatable bonds is 17. The topological polar surface area (TPSA) is 275 Å². The van der Waals surface area contributed by atoms with Crippen molar-refractivity contribution in [2.75, 3.05) is 27.2 Å². The van der Waals surface area contributed by atoms with Gasteiger partial charge in [0.05, 0.1) is 18.6 Å². The zero-order valence-electron chi connectivity index (χ0n) is 34.6. The van der Waals surface area contributed by atoms with E-state index in [-0.39, 0.29) is 38.0 Å². The van der Waals surface area contributed by atoms with E-state index in [1.54, 1.807) is 86.0 Å². The lowest BCUT2D eigenvalue weighted by Gasteiger charge is -2.31. The summed E-state index contributed by atoms with van der Waals surface area (Å²) >= 11 is 0. The predicted molar refractivity (Wildman–Crippen MR) is 211 cm³/mol. The van der Waals surface area contributed by atoms with Gasteiger partial charge < -0.3 is 55.9 Å². The number of aliphatic hydroxyl groups is 2. The molecule has 0 aromatic heterocycles. The molecule has 0 aliphatic heterocycles. The fourth-order valence-corrected chi connectivity index (χ4v) is 4.61. The van der Waals surface area contributed by atoms with E-state index >= 15 is 0 Å². The maximum atomic E-state index is 12.5. The number of aliphatic imine (C=N–C) groups is 2. The fourth-order valence-electron chi connectivity index (χ4n) is 4.61. The average molecular weight is 811 g/mol. The summed E-state index contributed by atoms with van der Waals surface area (Å²) in [5, 5.41) is 59.8. The summed E-state index contributed by atoms with van der Waals surface area (Å²) in [6.45, 7) is 16.4. The number of ether oxygens (including phenoxy) is 2. The number of aliphatic hydroxyl groups excluding tert-OH is 2. The first-order valence-electron chi connectivity index (χ1n) is 18.2. The molecule has 1 rings (SSSR count). The number of carboxylic acids is 1. The van der Waals surface area contributed by atoms with Crippen molar-refractivity contribution in [2.45, 2.75) is 131 Å². The Balaban J connectivity index is 0. The average Bonchev–Trinajstić information content (AvgIpc) is 3.05. The van der Waals surface area contributed by atoms with Crippen molar-refractivity contribution in [3.8, 4) is 0 Å². The van der Waals surface area contributed by atoms with Crippen molar-refractivity contribution >= 4 is 41.8 Å². The molecule has 0 aliphatic carbocycles. The molecule has 0 spiro atoms. The second-order valence-corrected chi connectivity index (χ2v) is 16.0. The van der Waals surface area contributed by atoms with Crippen LogP contribution in [0.5, 0.6) is 0 Å². The van der Waals surface area contributed by atoms with Crippen molar-refractivity contribution in [2.24, 2.45) is 21.8 Å². The van der Waals surface area contributed by atoms with Gasteiger partial charge in [-0.1, -0.05) is 107 Å². The molecule has 57 heavy (non-hydrogen) atoms. The Labute approximate surface area is 337 Å². The van der Waals surface area contributed by atoms with E-state index < -0.39 is 90.5 Å². The lowest BCUT2D eigenvalue weighted by Crippen LogP contribution is -2.48. The molecular weight excluding hydrogens is 744 g/mol. The number of amides is 4. The third-order valence-electron chi connectivity index (χ3n) is 6.98. The number of carbonyl (C=O) groups is 5. The van der Waals surface area contributed by atoms with Crippen molar-refractivity contribution in [1.29, 1.82) is 0 Å². The Morgan fingerprint density at radius 2 is 1.12 bits per heavy atom. The summed E-state index contributed by atoms with van der Waals surface area (Å²) in [4.78, 5) is 68.6. The number of carboxylic acid groups (broad SMARTS) is 1. The van der Waals surface area contributed by atoms with Crippen LogP contribution in [-0.2, 0) is 33.4 Å². The highest BCUT2D eigenvalue weighted by Gasteiger charge is 2.29. The third-order valence-corrected chi connectivity index (χ3v) is 6.98. The number of hydrogen-bond acceptors (Lipinski definition) is 13. The SMILES string of the molecule is C.CC(C)C[C@H](N=C([O-])OC(C)(C)C)C(O)C(=O)NCC(=O)N[C@H](C(=O)N(C)C)c1ccccc1.CC(C)C[C@H](N=C([O-])OC(C)(C)C)C(O)C(=O)NCC(=O)O. The zero-order chi connectivity index (χ0) is 43.6. The molecule has 0 bridgehead atoms. The minimum absolute atomic E-state index is 0. The van der Waals surface area contributed by atoms with Crippen molar-refractivity contribution in [3.05, 3.63) is 35.9 Å². The van der Waals surface area contributed by atoms with Gasteiger partial charge in [0.1, 0.15) is 24.8 Å². The van der Waals surface area contributed by atoms with Gasteiger partial charge in [0.15, 0.2) is 12.2 Å². The molecule has 0 aliphatic rings. The Hall–Kier alpha value is -4.97. The molecule has 18 heteroatoms. The van der Waals surface area contributed by atoms with Crippen LogP contribution in [0.2, 0.25) is 0 Å². The quantitative estimate of drug-likeness (QED) is 0.0927. The maximum absolute atomic E-state index is 12.5. The van der Waals surface area contributed by atoms with E-state index in [4.69, 9.17) is 14.6 Å². The van der Waals surface area contributed by atoms with Crippen LogP contribution in [0.1, 0.15) is 101 Å². The lowest BCUT2D eigenvalue weighted by atomic mass is 9.99. The maximum Gasteiger partial charge on any atom is 0.322 e. The minimum Gasteiger partial charge on any atom is -0.595 e. The van der Waals surface area contributed by atoms with Crippen LogP contribution in [0, 0.1) is 11.8 Å². The molecule has 1 aromatic rings. The Morgan fingerprint density at radius 3 is 1.46 bits per heavy atom. The number of nitrogens with zero attached hydrogens (tertiary/aromatic N) is 3. The highest BCUT2D eigenvalue weighted by atomic mass is 16.6. The van der Waals surface area contributed by atoms with E-state index in [0.717, 1.165) is 0 Å². The molecule has 0 fully saturated rings. The van der Waals surface area contributed by atoms with E-state index in [1.807, 2.05) is 27.7 Å². The number of nitrogens with one attached hydrogen (secondary N) is 3. The first-order valence-corrected chi connectivity index (χ1v) is 18.2. The van der Waals surface area contributed by atoms with Crippen molar-refractivity contribution in [1.82, 2.24) is 20.9 Å². The van der Waals surface area contributed by atoms with Crippen LogP contribution in [0.25, 0.3) is 0 Å². The standard InChI is InChI=1S/C24H38N4O6.C14H26N2O6.CH4/c1-15(2)13-17(26-23(33)34-24(3,4)5)20(30)21(31)25-14-18(29)27-19(22(32)28(6)7)16-11-9-8-10-12-16;1-8(2)6-9(16-13(21)22-14(3,4)5)11(19)12(20)15-7-10(17)18;/h8-12,15,17,19-20,30H,13-14H2,1-7H3,(H,25,31)(H,26,33)(H,27,29);8-9,11,19H,6-7H2,1-5H3,(H,15,20)(H,16,21)(H,17,18);1H4/p-2/t17-,19-,20?;9-,11?;/m00./s1. The fraction of sp³-hybridized carbons (Fsp3) is 0.667. The molecule has 0 heterocycles. The summed E-state index contributed by atoms with van der Waals surface area (Å²) in [7, 11) is 3.15. The molecule has 326 valence electrons. The van der Waals surface area contributed by atoms with Gasteiger partial charge in [0, 0.05) is 25.3 Å². The summed E-state index contributed by atoms with van der Waals surface area (Å²) in [6, 6.07) is 5.75. The van der Waals surface area contributed by atoms with Gasteiger partial charge in [-0.3, -0.25) is 34.0 Å². The van der Waals surface area contributed by atoms with Crippen LogP contribution < -0.4 is 26.2 Å². The number of carbonyl (C=O) groups excluding carboxylic acids is 4. The van der Waals surface area contributed by atoms with Crippen LogP contribution >= 0.6 is 0 Å². The number of hydrogen-bond donors (Lipinski definition) is 6. The third kappa shape index (κ3) is 24.3. The van der Waals surface area contributed by atoms with E-state index in [0.29, 0.717) is 5.56 Å². The van der Waals surface area contributed by atoms with Gasteiger partial charge in [-0.15, -0.1) is 0 Å². The van der Waals surface area contributed by atoms with E-state index in [9.17, 15) is 44.4 Å². The van der Waals surface area contributed by atoms with Crippen LogP contribution in [0.15, 0.2) is 40.3 Å². The molecule has 0 saturated carbocycles. The largest absolute Gasteiger partial charge is 0.595 e. The Kier molecular flexibility index (Phi) is 24.0. The summed E-state index contributed by atoms with van der Waals surface area (Å²) in [5.41, 5.74) is -0.915. The molecule has 4 amide bonds. The van der Waals surface area contributed by atoms with Crippen LogP contribution in [0.3, 0.4) is 0 Å². The molecule has 18 nitrogen and oxygen atoms in total. The molecule has 6 N–H and O–H groups in total. The van der Waals surface area contributed by atoms with Gasteiger partial charge in [0.25, 0.3) is 11.8 Å². The summed E-state index contributed by atoms with van der Waals surface area (Å²) < 4.78 is 10.2. The Bertz CT molecular complexity index is 1470. The van der Waals surface area contributed by atoms with Gasteiger partial charge in [-0.05, 0) is 30.2 Å². The molecule has 0 saturated heterocycles. The first-order chi connectivity index (χ1) is 25.6. The normalized spacial score (nSPS) is 14.7. The van der Waals surface area contributed by atoms with Gasteiger partial charge in [-0.2, -0.15) is 0 Å².